The minimum atomic E-state index is -0.480. The molecule has 0 bridgehead atoms. The molecule has 1 aromatic carbocycles. The van der Waals surface area contributed by atoms with E-state index < -0.39 is 5.54 Å². The maximum absolute atomic E-state index is 13.9. The number of nitrogens with zero attached hydrogens (tertiary/aromatic N) is 1. The first-order valence-electron chi connectivity index (χ1n) is 7.90. The molecule has 1 atom stereocenters. The summed E-state index contributed by atoms with van der Waals surface area (Å²) in [6.45, 7) is 3.26. The van der Waals surface area contributed by atoms with E-state index in [9.17, 15) is 9.18 Å². The molecule has 1 saturated heterocycles. The van der Waals surface area contributed by atoms with Gasteiger partial charge in [0.15, 0.2) is 0 Å². The summed E-state index contributed by atoms with van der Waals surface area (Å²) in [4.78, 5) is 14.8. The predicted molar refractivity (Wildman–Crippen MR) is 80.2 cm³/mol. The van der Waals surface area contributed by atoms with E-state index in [1.807, 2.05) is 17.9 Å². The molecule has 1 saturated carbocycles. The van der Waals surface area contributed by atoms with Crippen LogP contribution in [-0.2, 0) is 11.3 Å². The number of nitrogens with one attached hydrogen (secondary N) is 1. The van der Waals surface area contributed by atoms with Crippen molar-refractivity contribution in [1.29, 1.82) is 0 Å². The second kappa shape index (κ2) is 5.76. The van der Waals surface area contributed by atoms with Gasteiger partial charge in [0, 0.05) is 18.2 Å². The summed E-state index contributed by atoms with van der Waals surface area (Å²) in [5.41, 5.74) is 0.128. The number of piperidine rings is 1. The molecule has 2 aliphatic rings. The van der Waals surface area contributed by atoms with Crippen molar-refractivity contribution in [1.82, 2.24) is 10.2 Å². The van der Waals surface area contributed by atoms with Crippen LogP contribution in [0.5, 0.6) is 0 Å². The second-order valence-corrected chi connectivity index (χ2v) is 6.47. The number of carbonyl (C=O) groups is 1. The highest BCUT2D eigenvalue weighted by atomic mass is 19.1. The molecule has 0 radical (unpaired) electrons. The van der Waals surface area contributed by atoms with Crippen LogP contribution in [0.25, 0.3) is 0 Å². The summed E-state index contributed by atoms with van der Waals surface area (Å²) in [6.07, 6.45) is 5.14. The van der Waals surface area contributed by atoms with Crippen molar-refractivity contribution in [2.24, 2.45) is 0 Å². The van der Waals surface area contributed by atoms with Gasteiger partial charge in [-0.05, 0) is 51.6 Å². The Labute approximate surface area is 125 Å². The van der Waals surface area contributed by atoms with Crippen molar-refractivity contribution >= 4 is 5.91 Å². The molecule has 1 amide bonds. The summed E-state index contributed by atoms with van der Waals surface area (Å²) in [5, 5.41) is 3.37. The van der Waals surface area contributed by atoms with Crippen LogP contribution in [0.2, 0.25) is 0 Å². The molecule has 1 heterocycles. The molecule has 1 aliphatic heterocycles. The maximum atomic E-state index is 13.9. The van der Waals surface area contributed by atoms with Crippen molar-refractivity contribution in [2.75, 3.05) is 6.54 Å². The third-order valence-corrected chi connectivity index (χ3v) is 4.64. The lowest BCUT2D eigenvalue weighted by Crippen LogP contribution is -2.58. The Kier molecular flexibility index (Phi) is 3.98. The fourth-order valence-corrected chi connectivity index (χ4v) is 3.12. The quantitative estimate of drug-likeness (QED) is 0.925. The Morgan fingerprint density at radius 3 is 2.76 bits per heavy atom. The average Bonchev–Trinajstić information content (AvgIpc) is 3.31. The Hall–Kier alpha value is -1.42. The smallest absolute Gasteiger partial charge is 0.243 e. The highest BCUT2D eigenvalue weighted by Gasteiger charge is 2.42. The van der Waals surface area contributed by atoms with E-state index in [1.54, 1.807) is 12.1 Å². The van der Waals surface area contributed by atoms with Gasteiger partial charge in [0.05, 0.1) is 5.54 Å². The van der Waals surface area contributed by atoms with Gasteiger partial charge in [-0.3, -0.25) is 4.79 Å². The molecule has 114 valence electrons. The van der Waals surface area contributed by atoms with Crippen LogP contribution in [0.4, 0.5) is 4.39 Å². The van der Waals surface area contributed by atoms with Crippen molar-refractivity contribution in [3.8, 4) is 0 Å². The van der Waals surface area contributed by atoms with Gasteiger partial charge in [-0.1, -0.05) is 18.2 Å². The van der Waals surface area contributed by atoms with Crippen molar-refractivity contribution in [2.45, 2.75) is 57.2 Å². The van der Waals surface area contributed by atoms with Gasteiger partial charge in [0.1, 0.15) is 5.82 Å². The van der Waals surface area contributed by atoms with Crippen molar-refractivity contribution in [3.63, 3.8) is 0 Å². The number of carbonyl (C=O) groups excluding carboxylic acids is 1. The van der Waals surface area contributed by atoms with E-state index in [0.29, 0.717) is 12.1 Å². The van der Waals surface area contributed by atoms with E-state index in [4.69, 9.17) is 0 Å². The number of benzene rings is 1. The van der Waals surface area contributed by atoms with Crippen LogP contribution in [0.1, 0.15) is 44.6 Å². The van der Waals surface area contributed by atoms with Gasteiger partial charge >= 0.3 is 0 Å². The standard InChI is InChI=1S/C17H23FN2O/c1-17(10-4-5-11-19-17)16(21)20(14-8-9-14)12-13-6-2-3-7-15(13)18/h2-3,6-7,14,19H,4-5,8-12H2,1H3. The summed E-state index contributed by atoms with van der Waals surface area (Å²) >= 11 is 0. The molecule has 2 fully saturated rings. The number of hydrogen-bond donors (Lipinski definition) is 1. The van der Waals surface area contributed by atoms with Gasteiger partial charge in [-0.2, -0.15) is 0 Å². The first-order valence-corrected chi connectivity index (χ1v) is 7.90. The number of halogens is 1. The second-order valence-electron chi connectivity index (χ2n) is 6.47. The van der Waals surface area contributed by atoms with E-state index in [1.165, 1.54) is 6.07 Å². The van der Waals surface area contributed by atoms with Crippen LogP contribution in [-0.4, -0.2) is 28.9 Å². The van der Waals surface area contributed by atoms with Crippen LogP contribution >= 0.6 is 0 Å². The minimum absolute atomic E-state index is 0.132. The third-order valence-electron chi connectivity index (χ3n) is 4.64. The zero-order valence-electron chi connectivity index (χ0n) is 12.6. The van der Waals surface area contributed by atoms with E-state index >= 15 is 0 Å². The molecule has 1 aromatic rings. The summed E-state index contributed by atoms with van der Waals surface area (Å²) in [6, 6.07) is 7.04. The van der Waals surface area contributed by atoms with Gasteiger partial charge in [-0.25, -0.2) is 4.39 Å². The Bertz CT molecular complexity index is 521. The van der Waals surface area contributed by atoms with E-state index in [-0.39, 0.29) is 17.8 Å². The third kappa shape index (κ3) is 3.10. The normalized spacial score (nSPS) is 25.6. The molecule has 3 nitrogen and oxygen atoms in total. The topological polar surface area (TPSA) is 32.3 Å². The highest BCUT2D eigenvalue weighted by molar-refractivity contribution is 5.86. The number of hydrogen-bond acceptors (Lipinski definition) is 2. The number of amides is 1. The van der Waals surface area contributed by atoms with Crippen LogP contribution in [0.3, 0.4) is 0 Å². The summed E-state index contributed by atoms with van der Waals surface area (Å²) in [5.74, 6) is -0.0920. The molecule has 3 rings (SSSR count). The Balaban J connectivity index is 1.78. The largest absolute Gasteiger partial charge is 0.334 e. The Morgan fingerprint density at radius 2 is 2.14 bits per heavy atom. The van der Waals surface area contributed by atoms with Gasteiger partial charge in [-0.15, -0.1) is 0 Å². The van der Waals surface area contributed by atoms with Crippen LogP contribution in [0.15, 0.2) is 24.3 Å². The molecule has 0 spiro atoms. The van der Waals surface area contributed by atoms with Crippen LogP contribution < -0.4 is 5.32 Å². The fourth-order valence-electron chi connectivity index (χ4n) is 3.12. The zero-order chi connectivity index (χ0) is 14.9. The fraction of sp³-hybridized carbons (Fsp3) is 0.588. The minimum Gasteiger partial charge on any atom is -0.334 e. The van der Waals surface area contributed by atoms with Gasteiger partial charge in [0.25, 0.3) is 0 Å². The molecule has 21 heavy (non-hydrogen) atoms. The van der Waals surface area contributed by atoms with Gasteiger partial charge < -0.3 is 10.2 Å². The lowest BCUT2D eigenvalue weighted by Gasteiger charge is -2.38. The Morgan fingerprint density at radius 1 is 1.38 bits per heavy atom. The van der Waals surface area contributed by atoms with Gasteiger partial charge in [0.2, 0.25) is 5.91 Å². The summed E-state index contributed by atoms with van der Waals surface area (Å²) in [7, 11) is 0. The predicted octanol–water partition coefficient (Wildman–Crippen LogP) is 2.85. The van der Waals surface area contributed by atoms with Crippen LogP contribution in [0, 0.1) is 5.82 Å². The first kappa shape index (κ1) is 14.5. The van der Waals surface area contributed by atoms with Crippen molar-refractivity contribution in [3.05, 3.63) is 35.6 Å². The first-order chi connectivity index (χ1) is 10.1. The molecule has 4 heteroatoms. The highest BCUT2D eigenvalue weighted by Crippen LogP contribution is 2.32. The van der Waals surface area contributed by atoms with E-state index in [0.717, 1.165) is 38.6 Å². The maximum Gasteiger partial charge on any atom is 0.243 e. The van der Waals surface area contributed by atoms with Crippen molar-refractivity contribution < 1.29 is 9.18 Å². The molecule has 1 unspecified atom stereocenters. The lowest BCUT2D eigenvalue weighted by molar-refractivity contribution is -0.140. The lowest BCUT2D eigenvalue weighted by atomic mass is 9.89. The summed E-state index contributed by atoms with van der Waals surface area (Å²) < 4.78 is 13.9. The molecule has 0 aromatic heterocycles. The molecule has 1 N–H and O–H groups in total. The molecular formula is C17H23FN2O. The monoisotopic (exact) mass is 290 g/mol. The SMILES string of the molecule is CC1(C(=O)N(Cc2ccccc2F)C2CC2)CCCCN1. The van der Waals surface area contributed by atoms with E-state index in [2.05, 4.69) is 5.32 Å². The molecule has 1 aliphatic carbocycles. The zero-order valence-corrected chi connectivity index (χ0v) is 12.6. The average molecular weight is 290 g/mol. The molecular weight excluding hydrogens is 267 g/mol. The number of rotatable bonds is 4.